The molecule has 3 rings (SSSR count). The Morgan fingerprint density at radius 2 is 1.96 bits per heavy atom. The van der Waals surface area contributed by atoms with E-state index in [-0.39, 0.29) is 31.0 Å². The van der Waals surface area contributed by atoms with Crippen molar-refractivity contribution in [2.24, 2.45) is 5.73 Å². The first kappa shape index (κ1) is 20.3. The Labute approximate surface area is 159 Å². The van der Waals surface area contributed by atoms with Gasteiger partial charge in [0.25, 0.3) is 0 Å². The molecule has 2 N–H and O–H groups in total. The summed E-state index contributed by atoms with van der Waals surface area (Å²) < 4.78 is 5.76. The van der Waals surface area contributed by atoms with Crippen LogP contribution in [0.2, 0.25) is 0 Å². The Kier molecular flexibility index (Phi) is 7.96. The van der Waals surface area contributed by atoms with Gasteiger partial charge in [0.15, 0.2) is 0 Å². The molecule has 26 heavy (non-hydrogen) atoms. The van der Waals surface area contributed by atoms with Crippen LogP contribution in [0.15, 0.2) is 30.3 Å². The number of hydrogen-bond acceptors (Lipinski definition) is 6. The lowest BCUT2D eigenvalue weighted by atomic mass is 10.1. The van der Waals surface area contributed by atoms with Crippen molar-refractivity contribution in [1.82, 2.24) is 25.1 Å². The summed E-state index contributed by atoms with van der Waals surface area (Å²) in [4.78, 5) is 15.6. The third-order valence-electron chi connectivity index (χ3n) is 4.26. The molecule has 0 spiro atoms. The molecular weight excluding hydrogens is 356 g/mol. The van der Waals surface area contributed by atoms with E-state index in [9.17, 15) is 4.79 Å². The molecule has 1 aromatic heterocycles. The maximum atomic E-state index is 12.4. The number of piperidine rings is 1. The van der Waals surface area contributed by atoms with E-state index in [4.69, 9.17) is 10.5 Å². The van der Waals surface area contributed by atoms with Gasteiger partial charge < -0.3 is 15.4 Å². The lowest BCUT2D eigenvalue weighted by Crippen LogP contribution is -2.42. The minimum Gasteiger partial charge on any atom is -0.378 e. The van der Waals surface area contributed by atoms with E-state index in [0.29, 0.717) is 32.1 Å². The van der Waals surface area contributed by atoms with Crippen molar-refractivity contribution in [2.75, 3.05) is 26.2 Å². The van der Waals surface area contributed by atoms with E-state index in [1.54, 1.807) is 0 Å². The lowest BCUT2D eigenvalue weighted by Gasteiger charge is -2.31. The fourth-order valence-electron chi connectivity index (χ4n) is 2.84. The van der Waals surface area contributed by atoms with Crippen LogP contribution in [0.4, 0.5) is 0 Å². The zero-order chi connectivity index (χ0) is 17.5. The molecule has 0 unspecified atom stereocenters. The predicted molar refractivity (Wildman–Crippen MR) is 99.7 cm³/mol. The third-order valence-corrected chi connectivity index (χ3v) is 4.26. The number of carbonyl (C=O) groups is 1. The Hall–Kier alpha value is -2.03. The molecule has 8 nitrogen and oxygen atoms in total. The van der Waals surface area contributed by atoms with Gasteiger partial charge >= 0.3 is 0 Å². The van der Waals surface area contributed by atoms with Crippen molar-refractivity contribution >= 4 is 18.3 Å². The van der Waals surface area contributed by atoms with E-state index >= 15 is 0 Å². The summed E-state index contributed by atoms with van der Waals surface area (Å²) in [5, 5.41) is 12.3. The molecule has 1 aliphatic rings. The van der Waals surface area contributed by atoms with Crippen molar-refractivity contribution in [2.45, 2.75) is 31.9 Å². The predicted octanol–water partition coefficient (Wildman–Crippen LogP) is 1.12. The first-order valence-electron chi connectivity index (χ1n) is 8.69. The molecule has 0 bridgehead atoms. The van der Waals surface area contributed by atoms with Gasteiger partial charge in [-0.05, 0) is 31.0 Å². The van der Waals surface area contributed by atoms with Crippen molar-refractivity contribution in [3.8, 4) is 11.4 Å². The summed E-state index contributed by atoms with van der Waals surface area (Å²) in [6.07, 6.45) is 2.82. The second-order valence-electron chi connectivity index (χ2n) is 6.10. The van der Waals surface area contributed by atoms with Gasteiger partial charge in [0, 0.05) is 25.3 Å². The van der Waals surface area contributed by atoms with Gasteiger partial charge in [-0.3, -0.25) is 4.79 Å². The number of tetrazole rings is 1. The standard InChI is InChI=1S/C17H24N6O2.ClH/c18-9-4-12-25-15-7-10-22(11-8-15)16(24)13-23-20-17(19-21-23)14-5-2-1-3-6-14;/h1-3,5-6,15H,4,7-13,18H2;1H. The monoisotopic (exact) mass is 380 g/mol. The molecule has 0 aliphatic carbocycles. The maximum absolute atomic E-state index is 12.4. The Morgan fingerprint density at radius 1 is 1.23 bits per heavy atom. The molecule has 2 heterocycles. The van der Waals surface area contributed by atoms with Gasteiger partial charge in [-0.2, -0.15) is 4.80 Å². The van der Waals surface area contributed by atoms with Gasteiger partial charge in [0.2, 0.25) is 11.7 Å². The van der Waals surface area contributed by atoms with Crippen LogP contribution in [0, 0.1) is 0 Å². The highest BCUT2D eigenvalue weighted by molar-refractivity contribution is 5.85. The van der Waals surface area contributed by atoms with Gasteiger partial charge in [-0.25, -0.2) is 0 Å². The second-order valence-corrected chi connectivity index (χ2v) is 6.10. The number of benzene rings is 1. The summed E-state index contributed by atoms with van der Waals surface area (Å²) in [5.74, 6) is 0.540. The van der Waals surface area contributed by atoms with Crippen molar-refractivity contribution < 1.29 is 9.53 Å². The highest BCUT2D eigenvalue weighted by Gasteiger charge is 2.23. The normalized spacial score (nSPS) is 14.9. The summed E-state index contributed by atoms with van der Waals surface area (Å²) in [6, 6.07) is 9.60. The highest BCUT2D eigenvalue weighted by atomic mass is 35.5. The van der Waals surface area contributed by atoms with E-state index in [0.717, 1.165) is 24.8 Å². The highest BCUT2D eigenvalue weighted by Crippen LogP contribution is 2.15. The molecule has 1 amide bonds. The summed E-state index contributed by atoms with van der Waals surface area (Å²) in [5.41, 5.74) is 6.35. The topological polar surface area (TPSA) is 99.2 Å². The van der Waals surface area contributed by atoms with Crippen molar-refractivity contribution in [3.63, 3.8) is 0 Å². The van der Waals surface area contributed by atoms with E-state index in [1.807, 2.05) is 35.2 Å². The molecule has 142 valence electrons. The maximum Gasteiger partial charge on any atom is 0.246 e. The molecule has 0 saturated carbocycles. The molecule has 1 saturated heterocycles. The largest absolute Gasteiger partial charge is 0.378 e. The number of nitrogens with zero attached hydrogens (tertiary/aromatic N) is 5. The fourth-order valence-corrected chi connectivity index (χ4v) is 2.84. The fraction of sp³-hybridized carbons (Fsp3) is 0.529. The van der Waals surface area contributed by atoms with Gasteiger partial charge in [0.05, 0.1) is 6.10 Å². The van der Waals surface area contributed by atoms with Crippen molar-refractivity contribution in [3.05, 3.63) is 30.3 Å². The lowest BCUT2D eigenvalue weighted by molar-refractivity contribution is -0.134. The number of amides is 1. The molecule has 2 aromatic rings. The Morgan fingerprint density at radius 3 is 2.65 bits per heavy atom. The van der Waals surface area contributed by atoms with Gasteiger partial charge in [0.1, 0.15) is 6.54 Å². The van der Waals surface area contributed by atoms with Crippen LogP contribution >= 0.6 is 12.4 Å². The molecule has 0 radical (unpaired) electrons. The Bertz CT molecular complexity index is 673. The number of hydrogen-bond donors (Lipinski definition) is 1. The van der Waals surface area contributed by atoms with Crippen LogP contribution < -0.4 is 5.73 Å². The Balaban J connectivity index is 0.00000243. The second kappa shape index (κ2) is 10.2. The minimum atomic E-state index is 0. The molecule has 1 fully saturated rings. The SMILES string of the molecule is Cl.NCCCOC1CCN(C(=O)Cn2nnc(-c3ccccc3)n2)CC1. The van der Waals surface area contributed by atoms with Crippen LogP contribution in [-0.2, 0) is 16.1 Å². The van der Waals surface area contributed by atoms with Gasteiger partial charge in [-0.15, -0.1) is 22.6 Å². The van der Waals surface area contributed by atoms with Crippen LogP contribution in [0.3, 0.4) is 0 Å². The summed E-state index contributed by atoms with van der Waals surface area (Å²) in [7, 11) is 0. The summed E-state index contributed by atoms with van der Waals surface area (Å²) >= 11 is 0. The number of ether oxygens (including phenoxy) is 1. The summed E-state index contributed by atoms with van der Waals surface area (Å²) in [6.45, 7) is 2.85. The van der Waals surface area contributed by atoms with Crippen molar-refractivity contribution in [1.29, 1.82) is 0 Å². The van der Waals surface area contributed by atoms with E-state index in [1.165, 1.54) is 4.80 Å². The van der Waals surface area contributed by atoms with Crippen LogP contribution in [0.25, 0.3) is 11.4 Å². The van der Waals surface area contributed by atoms with E-state index < -0.39 is 0 Å². The third kappa shape index (κ3) is 5.48. The number of halogens is 1. The van der Waals surface area contributed by atoms with Gasteiger partial charge in [-0.1, -0.05) is 30.3 Å². The zero-order valence-corrected chi connectivity index (χ0v) is 15.5. The molecule has 9 heteroatoms. The number of nitrogens with two attached hydrogens (primary N) is 1. The average molecular weight is 381 g/mol. The van der Waals surface area contributed by atoms with E-state index in [2.05, 4.69) is 15.4 Å². The first-order valence-corrected chi connectivity index (χ1v) is 8.69. The first-order chi connectivity index (χ1) is 12.3. The molecular formula is C17H25ClN6O2. The number of aromatic nitrogens is 4. The zero-order valence-electron chi connectivity index (χ0n) is 14.7. The molecule has 1 aromatic carbocycles. The average Bonchev–Trinajstić information content (AvgIpc) is 3.12. The quantitative estimate of drug-likeness (QED) is 0.722. The number of rotatable bonds is 7. The van der Waals surface area contributed by atoms with Crippen LogP contribution in [-0.4, -0.2) is 63.4 Å². The van der Waals surface area contributed by atoms with Crippen LogP contribution in [0.5, 0.6) is 0 Å². The number of carbonyl (C=O) groups excluding carboxylic acids is 1. The molecule has 0 atom stereocenters. The molecule has 1 aliphatic heterocycles. The minimum absolute atomic E-state index is 0. The number of likely N-dealkylation sites (tertiary alicyclic amines) is 1. The smallest absolute Gasteiger partial charge is 0.246 e. The van der Waals surface area contributed by atoms with Crippen LogP contribution in [0.1, 0.15) is 19.3 Å².